The van der Waals surface area contributed by atoms with Crippen molar-refractivity contribution in [1.29, 1.82) is 0 Å². The van der Waals surface area contributed by atoms with Crippen molar-refractivity contribution in [2.24, 2.45) is 0 Å². The molecule has 0 aliphatic carbocycles. The van der Waals surface area contributed by atoms with Gasteiger partial charge in [-0.25, -0.2) is 9.78 Å². The Morgan fingerprint density at radius 3 is 2.50 bits per heavy atom. The van der Waals surface area contributed by atoms with E-state index in [9.17, 15) is 20.0 Å². The molecular weight excluding hydrogens is 438 g/mol. The van der Waals surface area contributed by atoms with Gasteiger partial charge in [0.2, 0.25) is 5.89 Å². The Morgan fingerprint density at radius 2 is 1.82 bits per heavy atom. The van der Waals surface area contributed by atoms with Gasteiger partial charge >= 0.3 is 5.97 Å². The van der Waals surface area contributed by atoms with Crippen molar-refractivity contribution >= 4 is 22.8 Å². The monoisotopic (exact) mass is 461 g/mol. The van der Waals surface area contributed by atoms with Crippen LogP contribution in [0.25, 0.3) is 22.6 Å². The van der Waals surface area contributed by atoms with E-state index in [0.29, 0.717) is 34.5 Å². The first kappa shape index (κ1) is 22.9. The second kappa shape index (κ2) is 9.32. The lowest BCUT2D eigenvalue weighted by Gasteiger charge is -2.21. The van der Waals surface area contributed by atoms with Gasteiger partial charge in [-0.3, -0.25) is 10.1 Å². The second-order valence-electron chi connectivity index (χ2n) is 8.22. The van der Waals surface area contributed by atoms with E-state index in [0.717, 1.165) is 5.56 Å². The number of nitro benzene ring substituents is 1. The summed E-state index contributed by atoms with van der Waals surface area (Å²) >= 11 is 0. The van der Waals surface area contributed by atoms with Crippen LogP contribution in [0.2, 0.25) is 0 Å². The van der Waals surface area contributed by atoms with E-state index in [2.05, 4.69) is 10.3 Å². The van der Waals surface area contributed by atoms with E-state index in [4.69, 9.17) is 9.15 Å². The smallest absolute Gasteiger partial charge is 0.347 e. The number of aromatic nitrogens is 1. The predicted octanol–water partition coefficient (Wildman–Crippen LogP) is 4.93. The third kappa shape index (κ3) is 4.89. The van der Waals surface area contributed by atoms with E-state index in [1.165, 1.54) is 13.8 Å². The van der Waals surface area contributed by atoms with Crippen LogP contribution in [-0.4, -0.2) is 26.6 Å². The number of carbonyl (C=O) groups is 1. The number of hydrogen-bond acceptors (Lipinski definition) is 7. The van der Waals surface area contributed by atoms with E-state index in [-0.39, 0.29) is 18.1 Å². The maximum absolute atomic E-state index is 11.9. The molecule has 0 saturated carbocycles. The number of benzene rings is 3. The molecule has 9 nitrogen and oxygen atoms in total. The third-order valence-corrected chi connectivity index (χ3v) is 5.28. The molecule has 1 aromatic heterocycles. The summed E-state index contributed by atoms with van der Waals surface area (Å²) in [7, 11) is 0. The van der Waals surface area contributed by atoms with Gasteiger partial charge in [0.25, 0.3) is 5.69 Å². The minimum Gasteiger partial charge on any atom is -0.478 e. The highest BCUT2D eigenvalue weighted by molar-refractivity contribution is 5.79. The van der Waals surface area contributed by atoms with Crippen LogP contribution in [0.4, 0.5) is 5.69 Å². The van der Waals surface area contributed by atoms with Crippen molar-refractivity contribution in [2.75, 3.05) is 0 Å². The topological polar surface area (TPSA) is 128 Å². The summed E-state index contributed by atoms with van der Waals surface area (Å²) in [6.45, 7) is 3.67. The van der Waals surface area contributed by atoms with Crippen molar-refractivity contribution in [3.8, 4) is 17.2 Å². The first-order valence-electron chi connectivity index (χ1n) is 10.6. The zero-order valence-electron chi connectivity index (χ0n) is 18.6. The molecule has 0 unspecified atom stereocenters. The number of fused-ring (bicyclic) bond motifs is 1. The fraction of sp³-hybridized carbons (Fsp3) is 0.200. The van der Waals surface area contributed by atoms with E-state index >= 15 is 0 Å². The first-order chi connectivity index (χ1) is 16.2. The van der Waals surface area contributed by atoms with Crippen molar-refractivity contribution < 1.29 is 24.0 Å². The number of carboxylic acids is 1. The maximum atomic E-state index is 11.9. The summed E-state index contributed by atoms with van der Waals surface area (Å²) in [5, 5.41) is 24.3. The van der Waals surface area contributed by atoms with Crippen LogP contribution >= 0.6 is 0 Å². The molecule has 4 rings (SSSR count). The number of nitrogens with zero attached hydrogens (tertiary/aromatic N) is 2. The zero-order valence-corrected chi connectivity index (χ0v) is 18.6. The predicted molar refractivity (Wildman–Crippen MR) is 125 cm³/mol. The normalized spacial score (nSPS) is 11.5. The maximum Gasteiger partial charge on any atom is 0.347 e. The van der Waals surface area contributed by atoms with Crippen molar-refractivity contribution in [2.45, 2.75) is 32.5 Å². The summed E-state index contributed by atoms with van der Waals surface area (Å²) in [6, 6.07) is 19.3. The number of carboxylic acid groups (broad SMARTS) is 1. The van der Waals surface area contributed by atoms with Gasteiger partial charge in [-0.05, 0) is 49.7 Å². The molecule has 9 heteroatoms. The van der Waals surface area contributed by atoms with Gasteiger partial charge < -0.3 is 19.6 Å². The average molecular weight is 461 g/mol. The molecule has 1 heterocycles. The molecule has 0 amide bonds. The van der Waals surface area contributed by atoms with Crippen LogP contribution in [-0.2, 0) is 17.9 Å². The quantitative estimate of drug-likeness (QED) is 0.265. The van der Waals surface area contributed by atoms with E-state index < -0.39 is 16.5 Å². The summed E-state index contributed by atoms with van der Waals surface area (Å²) < 4.78 is 11.3. The Bertz CT molecular complexity index is 1310. The molecular formula is C25H23N3O6. The van der Waals surface area contributed by atoms with Gasteiger partial charge in [0, 0.05) is 18.7 Å². The SMILES string of the molecule is CC(C)(Oc1ccc(CNCc2cccc(-c3nc4ccccc4o3)c2[N+](=O)[O-])cc1)C(=O)O. The highest BCUT2D eigenvalue weighted by atomic mass is 16.6. The minimum atomic E-state index is -1.33. The Labute approximate surface area is 195 Å². The van der Waals surface area contributed by atoms with Crippen LogP contribution in [0.5, 0.6) is 5.75 Å². The summed E-state index contributed by atoms with van der Waals surface area (Å²) in [4.78, 5) is 27.1. The molecule has 3 aromatic carbocycles. The average Bonchev–Trinajstić information content (AvgIpc) is 3.24. The number of nitrogens with one attached hydrogen (secondary N) is 1. The molecule has 0 spiro atoms. The number of rotatable bonds is 9. The third-order valence-electron chi connectivity index (χ3n) is 5.28. The van der Waals surface area contributed by atoms with Crippen molar-refractivity contribution in [3.63, 3.8) is 0 Å². The van der Waals surface area contributed by atoms with Gasteiger partial charge in [-0.1, -0.05) is 36.4 Å². The molecule has 0 aliphatic rings. The molecule has 0 atom stereocenters. The van der Waals surface area contributed by atoms with Crippen LogP contribution in [0.15, 0.2) is 71.1 Å². The van der Waals surface area contributed by atoms with E-state index in [1.54, 1.807) is 42.5 Å². The highest BCUT2D eigenvalue weighted by Crippen LogP contribution is 2.34. The number of oxazole rings is 1. The summed E-state index contributed by atoms with van der Waals surface area (Å²) in [5.74, 6) is -0.410. The zero-order chi connectivity index (χ0) is 24.3. The van der Waals surface area contributed by atoms with Gasteiger partial charge in [0.1, 0.15) is 16.8 Å². The number of para-hydroxylation sites is 3. The lowest BCUT2D eigenvalue weighted by molar-refractivity contribution is -0.385. The Balaban J connectivity index is 1.48. The van der Waals surface area contributed by atoms with Crippen molar-refractivity contribution in [3.05, 3.63) is 88.0 Å². The Kier molecular flexibility index (Phi) is 6.29. The molecule has 174 valence electrons. The molecule has 0 aliphatic heterocycles. The Hall–Kier alpha value is -4.24. The number of nitro groups is 1. The Morgan fingerprint density at radius 1 is 1.09 bits per heavy atom. The molecule has 0 fully saturated rings. The molecule has 0 radical (unpaired) electrons. The lowest BCUT2D eigenvalue weighted by Crippen LogP contribution is -2.37. The molecule has 0 saturated heterocycles. The summed E-state index contributed by atoms with van der Waals surface area (Å²) in [5.41, 5.74) is 1.55. The number of aliphatic carboxylic acids is 1. The van der Waals surface area contributed by atoms with Crippen LogP contribution in [0.1, 0.15) is 25.0 Å². The first-order valence-corrected chi connectivity index (χ1v) is 10.6. The second-order valence-corrected chi connectivity index (χ2v) is 8.22. The number of ether oxygens (including phenoxy) is 1. The van der Waals surface area contributed by atoms with Crippen LogP contribution < -0.4 is 10.1 Å². The van der Waals surface area contributed by atoms with Crippen molar-refractivity contribution in [1.82, 2.24) is 10.3 Å². The fourth-order valence-electron chi connectivity index (χ4n) is 3.46. The van der Waals surface area contributed by atoms with Gasteiger partial charge in [0.05, 0.1) is 4.92 Å². The largest absolute Gasteiger partial charge is 0.478 e. The fourth-order valence-corrected chi connectivity index (χ4v) is 3.46. The van der Waals surface area contributed by atoms with Crippen LogP contribution in [0, 0.1) is 10.1 Å². The molecule has 34 heavy (non-hydrogen) atoms. The van der Waals surface area contributed by atoms with E-state index in [1.807, 2.05) is 24.3 Å². The molecule has 0 bridgehead atoms. The standard InChI is InChI=1S/C25H23N3O6/c1-25(2,24(29)30)34-18-12-10-16(11-13-18)14-26-15-17-6-5-7-19(22(17)28(31)32)23-27-20-8-3-4-9-21(20)33-23/h3-13,26H,14-15H2,1-2H3,(H,29,30). The van der Waals surface area contributed by atoms with Crippen LogP contribution in [0.3, 0.4) is 0 Å². The summed E-state index contributed by atoms with van der Waals surface area (Å²) in [6.07, 6.45) is 0. The minimum absolute atomic E-state index is 0.0544. The van der Waals surface area contributed by atoms with Gasteiger partial charge in [-0.2, -0.15) is 0 Å². The molecule has 4 aromatic rings. The number of hydrogen-bond donors (Lipinski definition) is 2. The van der Waals surface area contributed by atoms with Gasteiger partial charge in [-0.15, -0.1) is 0 Å². The molecule has 2 N–H and O–H groups in total. The highest BCUT2D eigenvalue weighted by Gasteiger charge is 2.29. The van der Waals surface area contributed by atoms with Gasteiger partial charge in [0.15, 0.2) is 11.2 Å². The lowest BCUT2D eigenvalue weighted by atomic mass is 10.1.